The van der Waals surface area contributed by atoms with E-state index in [0.717, 1.165) is 6.42 Å². The van der Waals surface area contributed by atoms with Crippen molar-refractivity contribution in [3.05, 3.63) is 0 Å². The predicted molar refractivity (Wildman–Crippen MR) is 43.9 cm³/mol. The van der Waals surface area contributed by atoms with Crippen LogP contribution in [0.4, 0.5) is 4.39 Å². The number of alkyl halides is 1. The molecule has 0 aromatic carbocycles. The number of unbranched alkanes of at least 4 members (excludes halogenated alkanes) is 2. The minimum absolute atomic E-state index is 0.256. The molecule has 2 unspecified atom stereocenters. The first-order valence-corrected chi connectivity index (χ1v) is 4.32. The summed E-state index contributed by atoms with van der Waals surface area (Å²) in [5.41, 5.74) is 0. The molecule has 1 heteroatoms. The number of hydrogen-bond donors (Lipinski definition) is 0. The maximum Gasteiger partial charge on any atom is 0.0998 e. The highest BCUT2D eigenvalue weighted by Gasteiger charge is 2.08. The van der Waals surface area contributed by atoms with Crippen molar-refractivity contribution in [2.45, 2.75) is 52.6 Å². The molecule has 0 bridgehead atoms. The van der Waals surface area contributed by atoms with Gasteiger partial charge < -0.3 is 0 Å². The van der Waals surface area contributed by atoms with Crippen LogP contribution in [-0.4, -0.2) is 6.17 Å². The fraction of sp³-hybridized carbons (Fsp3) is 1.00. The van der Waals surface area contributed by atoms with Crippen molar-refractivity contribution in [3.8, 4) is 0 Å². The third-order valence-corrected chi connectivity index (χ3v) is 2.05. The summed E-state index contributed by atoms with van der Waals surface area (Å²) in [4.78, 5) is 0. The van der Waals surface area contributed by atoms with E-state index in [4.69, 9.17) is 0 Å². The number of hydrogen-bond acceptors (Lipinski definition) is 0. The lowest BCUT2D eigenvalue weighted by Crippen LogP contribution is -2.07. The highest BCUT2D eigenvalue weighted by atomic mass is 19.1. The van der Waals surface area contributed by atoms with E-state index in [-0.39, 0.29) is 5.92 Å². The lowest BCUT2D eigenvalue weighted by molar-refractivity contribution is 0.248. The lowest BCUT2D eigenvalue weighted by atomic mass is 10.00. The van der Waals surface area contributed by atoms with Gasteiger partial charge in [0.1, 0.15) is 0 Å². The Bertz CT molecular complexity index is 69.1. The average Bonchev–Trinajstić information content (AvgIpc) is 1.88. The van der Waals surface area contributed by atoms with Crippen LogP contribution >= 0.6 is 0 Å². The number of rotatable bonds is 5. The van der Waals surface area contributed by atoms with Gasteiger partial charge in [0.15, 0.2) is 0 Å². The molecule has 62 valence electrons. The third-order valence-electron chi connectivity index (χ3n) is 2.05. The lowest BCUT2D eigenvalue weighted by Gasteiger charge is -2.11. The Morgan fingerprint density at radius 3 is 2.20 bits per heavy atom. The molecule has 0 aromatic heterocycles. The van der Waals surface area contributed by atoms with Crippen molar-refractivity contribution < 1.29 is 4.39 Å². The summed E-state index contributed by atoms with van der Waals surface area (Å²) >= 11 is 0. The predicted octanol–water partition coefficient (Wildman–Crippen LogP) is 3.56. The second-order valence-electron chi connectivity index (χ2n) is 3.15. The molecular weight excluding hydrogens is 127 g/mol. The van der Waals surface area contributed by atoms with E-state index in [1.54, 1.807) is 6.92 Å². The molecule has 0 N–H and O–H groups in total. The Kier molecular flexibility index (Phi) is 5.66. The van der Waals surface area contributed by atoms with Crippen LogP contribution in [0, 0.1) is 5.92 Å². The zero-order valence-electron chi connectivity index (χ0n) is 7.36. The monoisotopic (exact) mass is 146 g/mol. The van der Waals surface area contributed by atoms with E-state index in [9.17, 15) is 4.39 Å². The van der Waals surface area contributed by atoms with Crippen LogP contribution in [0.2, 0.25) is 0 Å². The Morgan fingerprint density at radius 1 is 1.20 bits per heavy atom. The summed E-state index contributed by atoms with van der Waals surface area (Å²) in [5, 5.41) is 0. The summed E-state index contributed by atoms with van der Waals surface area (Å²) < 4.78 is 12.5. The maximum atomic E-state index is 12.5. The highest BCUT2D eigenvalue weighted by molar-refractivity contribution is 4.58. The van der Waals surface area contributed by atoms with Crippen molar-refractivity contribution in [1.82, 2.24) is 0 Å². The first kappa shape index (κ1) is 9.93. The van der Waals surface area contributed by atoms with Crippen LogP contribution in [0.25, 0.3) is 0 Å². The van der Waals surface area contributed by atoms with Crippen molar-refractivity contribution in [3.63, 3.8) is 0 Å². The van der Waals surface area contributed by atoms with Crippen molar-refractivity contribution in [1.29, 1.82) is 0 Å². The van der Waals surface area contributed by atoms with Crippen LogP contribution < -0.4 is 0 Å². The maximum absolute atomic E-state index is 12.5. The van der Waals surface area contributed by atoms with Gasteiger partial charge in [-0.1, -0.05) is 33.1 Å². The fourth-order valence-corrected chi connectivity index (χ4v) is 0.946. The normalized spacial score (nSPS) is 16.8. The molecule has 0 spiro atoms. The Labute approximate surface area is 63.8 Å². The van der Waals surface area contributed by atoms with Gasteiger partial charge >= 0.3 is 0 Å². The molecule has 0 aliphatic heterocycles. The quantitative estimate of drug-likeness (QED) is 0.520. The second kappa shape index (κ2) is 5.70. The summed E-state index contributed by atoms with van der Waals surface area (Å²) in [6.45, 7) is 5.81. The van der Waals surface area contributed by atoms with Crippen LogP contribution in [0.5, 0.6) is 0 Å². The molecule has 10 heavy (non-hydrogen) atoms. The molecular formula is C9H19F. The van der Waals surface area contributed by atoms with Crippen molar-refractivity contribution >= 4 is 0 Å². The highest BCUT2D eigenvalue weighted by Crippen LogP contribution is 2.14. The third kappa shape index (κ3) is 4.78. The van der Waals surface area contributed by atoms with Gasteiger partial charge in [-0.15, -0.1) is 0 Å². The first-order valence-electron chi connectivity index (χ1n) is 4.32. The second-order valence-corrected chi connectivity index (χ2v) is 3.15. The molecule has 0 radical (unpaired) electrons. The van der Waals surface area contributed by atoms with Gasteiger partial charge in [0.05, 0.1) is 6.17 Å². The van der Waals surface area contributed by atoms with Gasteiger partial charge in [0, 0.05) is 0 Å². The topological polar surface area (TPSA) is 0 Å². The van der Waals surface area contributed by atoms with Crippen molar-refractivity contribution in [2.24, 2.45) is 5.92 Å². The SMILES string of the molecule is CCCCCC(C)C(C)F. The molecule has 0 aliphatic rings. The zero-order chi connectivity index (χ0) is 7.98. The molecule has 0 amide bonds. The first-order chi connectivity index (χ1) is 4.68. The van der Waals surface area contributed by atoms with Crippen LogP contribution in [0.3, 0.4) is 0 Å². The molecule has 0 rings (SSSR count). The summed E-state index contributed by atoms with van der Waals surface area (Å²) in [6, 6.07) is 0. The minimum Gasteiger partial charge on any atom is -0.248 e. The minimum atomic E-state index is -0.628. The van der Waals surface area contributed by atoms with E-state index in [0.29, 0.717) is 0 Å². The molecule has 2 atom stereocenters. The van der Waals surface area contributed by atoms with E-state index >= 15 is 0 Å². The van der Waals surface area contributed by atoms with Gasteiger partial charge in [-0.2, -0.15) is 0 Å². The smallest absolute Gasteiger partial charge is 0.0998 e. The standard InChI is InChI=1S/C9H19F/c1-4-5-6-7-8(2)9(3)10/h8-9H,4-7H2,1-3H3. The molecule has 0 saturated heterocycles. The van der Waals surface area contributed by atoms with Gasteiger partial charge in [0.25, 0.3) is 0 Å². The van der Waals surface area contributed by atoms with E-state index in [1.165, 1.54) is 19.3 Å². The fourth-order valence-electron chi connectivity index (χ4n) is 0.946. The van der Waals surface area contributed by atoms with Crippen LogP contribution in [-0.2, 0) is 0 Å². The Morgan fingerprint density at radius 2 is 1.80 bits per heavy atom. The Hall–Kier alpha value is -0.0700. The van der Waals surface area contributed by atoms with Crippen molar-refractivity contribution in [2.75, 3.05) is 0 Å². The number of halogens is 1. The summed E-state index contributed by atoms with van der Waals surface area (Å²) in [7, 11) is 0. The van der Waals surface area contributed by atoms with Crippen LogP contribution in [0.15, 0.2) is 0 Å². The summed E-state index contributed by atoms with van der Waals surface area (Å²) in [5.74, 6) is 0.256. The summed E-state index contributed by atoms with van der Waals surface area (Å²) in [6.07, 6.45) is 4.08. The molecule has 0 aromatic rings. The van der Waals surface area contributed by atoms with Gasteiger partial charge in [-0.05, 0) is 19.3 Å². The molecule has 0 fully saturated rings. The van der Waals surface area contributed by atoms with Crippen LogP contribution in [0.1, 0.15) is 46.5 Å². The molecule has 0 saturated carbocycles. The van der Waals surface area contributed by atoms with Gasteiger partial charge in [-0.25, -0.2) is 4.39 Å². The average molecular weight is 146 g/mol. The van der Waals surface area contributed by atoms with Gasteiger partial charge in [-0.3, -0.25) is 0 Å². The molecule has 0 aliphatic carbocycles. The Balaban J connectivity index is 3.13. The van der Waals surface area contributed by atoms with E-state index in [1.807, 2.05) is 6.92 Å². The van der Waals surface area contributed by atoms with Gasteiger partial charge in [0.2, 0.25) is 0 Å². The van der Waals surface area contributed by atoms with E-state index < -0.39 is 6.17 Å². The molecule has 0 heterocycles. The largest absolute Gasteiger partial charge is 0.248 e. The van der Waals surface area contributed by atoms with E-state index in [2.05, 4.69) is 6.92 Å². The molecule has 0 nitrogen and oxygen atoms in total. The zero-order valence-corrected chi connectivity index (χ0v) is 7.36.